The number of nitrogens with zero attached hydrogens (tertiary/aromatic N) is 2. The number of rotatable bonds is 2. The van der Waals surface area contributed by atoms with E-state index in [1.165, 1.54) is 22.3 Å². The van der Waals surface area contributed by atoms with Crippen LogP contribution in [-0.2, 0) is 0 Å². The second-order valence-corrected chi connectivity index (χ2v) is 9.65. The van der Waals surface area contributed by atoms with Crippen molar-refractivity contribution in [3.63, 3.8) is 0 Å². The number of nitriles is 2. The summed E-state index contributed by atoms with van der Waals surface area (Å²) in [5.41, 5.74) is 3.40. The molecular weight excluding hydrogens is 376 g/mol. The van der Waals surface area contributed by atoms with E-state index < -0.39 is 16.2 Å². The molecule has 2 nitrogen and oxygen atoms in total. The van der Waals surface area contributed by atoms with Crippen LogP contribution in [0.25, 0.3) is 0 Å². The van der Waals surface area contributed by atoms with E-state index in [1.54, 1.807) is 0 Å². The molecule has 2 heteroatoms. The molecule has 0 amide bonds. The average molecular weight is 401 g/mol. The predicted molar refractivity (Wildman–Crippen MR) is 121 cm³/mol. The highest BCUT2D eigenvalue weighted by Crippen LogP contribution is 2.79. The smallest absolute Gasteiger partial charge is 0.105 e. The Morgan fingerprint density at radius 3 is 2.06 bits per heavy atom. The SMILES string of the molecule is C[C@@H]1C=C[C@@]23C4=C1C[C@H](c1ccccc1)[C@@]4(C#N)C=C[C@]2(C#N)C[C@@H]3c1ccccc1. The summed E-state index contributed by atoms with van der Waals surface area (Å²) in [7, 11) is 0. The van der Waals surface area contributed by atoms with Crippen LogP contribution in [0.15, 0.2) is 96.1 Å². The van der Waals surface area contributed by atoms with E-state index in [2.05, 4.69) is 91.9 Å². The minimum atomic E-state index is -0.691. The first-order valence-electron chi connectivity index (χ1n) is 11.2. The van der Waals surface area contributed by atoms with Crippen LogP contribution in [0.3, 0.4) is 0 Å². The van der Waals surface area contributed by atoms with E-state index in [0.29, 0.717) is 5.92 Å². The van der Waals surface area contributed by atoms with Crippen molar-refractivity contribution in [3.8, 4) is 12.1 Å². The minimum Gasteiger partial charge on any atom is -0.197 e. The minimum absolute atomic E-state index is 0.0906. The molecule has 0 unspecified atom stereocenters. The molecule has 6 atom stereocenters. The van der Waals surface area contributed by atoms with Gasteiger partial charge in [-0.25, -0.2) is 0 Å². The van der Waals surface area contributed by atoms with Gasteiger partial charge >= 0.3 is 0 Å². The number of hydrogen-bond donors (Lipinski definition) is 0. The molecule has 150 valence electrons. The molecule has 0 bridgehead atoms. The summed E-state index contributed by atoms with van der Waals surface area (Å²) < 4.78 is 0. The molecule has 4 aliphatic rings. The fourth-order valence-corrected chi connectivity index (χ4v) is 7.09. The number of hydrogen-bond acceptors (Lipinski definition) is 2. The predicted octanol–water partition coefficient (Wildman–Crippen LogP) is 6.44. The van der Waals surface area contributed by atoms with Crippen LogP contribution in [0.4, 0.5) is 0 Å². The molecule has 1 spiro atoms. The van der Waals surface area contributed by atoms with E-state index in [1.807, 2.05) is 12.1 Å². The van der Waals surface area contributed by atoms with Crippen LogP contribution in [0.2, 0.25) is 0 Å². The zero-order valence-corrected chi connectivity index (χ0v) is 17.6. The molecule has 0 aliphatic heterocycles. The molecule has 2 aromatic rings. The molecule has 0 saturated heterocycles. The number of benzene rings is 2. The fourth-order valence-electron chi connectivity index (χ4n) is 7.09. The van der Waals surface area contributed by atoms with Crippen LogP contribution < -0.4 is 0 Å². The summed E-state index contributed by atoms with van der Waals surface area (Å²) in [6.45, 7) is 2.24. The average Bonchev–Trinajstić information content (AvgIpc) is 3.17. The highest BCUT2D eigenvalue weighted by Gasteiger charge is 2.73. The van der Waals surface area contributed by atoms with Crippen LogP contribution >= 0.6 is 0 Å². The van der Waals surface area contributed by atoms with Gasteiger partial charge in [0.15, 0.2) is 0 Å². The maximum Gasteiger partial charge on any atom is 0.105 e. The molecule has 31 heavy (non-hydrogen) atoms. The standard InChI is InChI=1S/C29H24N2/c1-20-12-13-29-25(22-10-6-3-7-11-22)17-27(29,18-30)14-15-28(19-31)24(16-23(20)26(28)29)21-8-4-2-5-9-21/h2-15,20,24-25H,16-17H2,1H3/t20-,24-,25-,27-,28+,29-/m1/s1. The summed E-state index contributed by atoms with van der Waals surface area (Å²) >= 11 is 0. The van der Waals surface area contributed by atoms with Crippen molar-refractivity contribution in [3.05, 3.63) is 107 Å². The van der Waals surface area contributed by atoms with Crippen molar-refractivity contribution in [1.29, 1.82) is 10.5 Å². The van der Waals surface area contributed by atoms with Gasteiger partial charge in [-0.3, -0.25) is 0 Å². The molecule has 4 aliphatic carbocycles. The second-order valence-electron chi connectivity index (χ2n) is 9.65. The third-order valence-corrected chi connectivity index (χ3v) is 8.55. The summed E-state index contributed by atoms with van der Waals surface area (Å²) in [6.07, 6.45) is 10.5. The van der Waals surface area contributed by atoms with Crippen LogP contribution in [0, 0.1) is 44.8 Å². The molecule has 0 heterocycles. The Morgan fingerprint density at radius 1 is 0.806 bits per heavy atom. The highest BCUT2D eigenvalue weighted by molar-refractivity contribution is 5.64. The van der Waals surface area contributed by atoms with E-state index in [-0.39, 0.29) is 11.8 Å². The van der Waals surface area contributed by atoms with Crippen molar-refractivity contribution >= 4 is 0 Å². The van der Waals surface area contributed by atoms with Crippen molar-refractivity contribution in [2.24, 2.45) is 22.2 Å². The fraction of sp³-hybridized carbons (Fsp3) is 0.310. The summed E-state index contributed by atoms with van der Waals surface area (Å²) in [4.78, 5) is 0. The summed E-state index contributed by atoms with van der Waals surface area (Å²) in [5, 5.41) is 21.1. The van der Waals surface area contributed by atoms with Crippen molar-refractivity contribution < 1.29 is 0 Å². The van der Waals surface area contributed by atoms with Gasteiger partial charge in [-0.2, -0.15) is 10.5 Å². The van der Waals surface area contributed by atoms with E-state index in [9.17, 15) is 10.5 Å². The molecule has 0 aromatic heterocycles. The molecule has 1 fully saturated rings. The highest BCUT2D eigenvalue weighted by atomic mass is 14.7. The third kappa shape index (κ3) is 2.01. The second kappa shape index (κ2) is 6.09. The van der Waals surface area contributed by atoms with Gasteiger partial charge in [-0.05, 0) is 35.5 Å². The van der Waals surface area contributed by atoms with Gasteiger partial charge in [0.1, 0.15) is 5.41 Å². The molecule has 6 rings (SSSR count). The lowest BCUT2D eigenvalue weighted by atomic mass is 9.35. The number of allylic oxidation sites excluding steroid dienone is 6. The summed E-state index contributed by atoms with van der Waals surface area (Å²) in [5.74, 6) is 0.601. The Kier molecular flexibility index (Phi) is 3.62. The normalized spacial score (nSPS) is 39.1. The zero-order chi connectivity index (χ0) is 21.3. The Morgan fingerprint density at radius 2 is 1.45 bits per heavy atom. The van der Waals surface area contributed by atoms with Gasteiger partial charge in [0.25, 0.3) is 0 Å². The Hall–Kier alpha value is -3.36. The maximum absolute atomic E-state index is 10.7. The van der Waals surface area contributed by atoms with Crippen molar-refractivity contribution in [1.82, 2.24) is 0 Å². The van der Waals surface area contributed by atoms with Crippen LogP contribution in [0.5, 0.6) is 0 Å². The Bertz CT molecular complexity index is 1240. The van der Waals surface area contributed by atoms with Crippen molar-refractivity contribution in [2.45, 2.75) is 31.6 Å². The molecule has 0 radical (unpaired) electrons. The van der Waals surface area contributed by atoms with Gasteiger partial charge in [0.05, 0.1) is 17.6 Å². The quantitative estimate of drug-likeness (QED) is 0.545. The largest absolute Gasteiger partial charge is 0.197 e. The van der Waals surface area contributed by atoms with Crippen molar-refractivity contribution in [2.75, 3.05) is 0 Å². The Balaban J connectivity index is 1.63. The molecule has 2 aromatic carbocycles. The monoisotopic (exact) mass is 400 g/mol. The van der Waals surface area contributed by atoms with Gasteiger partial charge in [0, 0.05) is 17.3 Å². The first-order chi connectivity index (χ1) is 15.1. The van der Waals surface area contributed by atoms with Crippen LogP contribution in [-0.4, -0.2) is 0 Å². The van der Waals surface area contributed by atoms with E-state index in [0.717, 1.165) is 12.8 Å². The first-order valence-corrected chi connectivity index (χ1v) is 11.2. The molecule has 1 saturated carbocycles. The molecule has 0 N–H and O–H groups in total. The van der Waals surface area contributed by atoms with Gasteiger partial charge < -0.3 is 0 Å². The van der Waals surface area contributed by atoms with Gasteiger partial charge in [-0.1, -0.05) is 97.5 Å². The zero-order valence-electron chi connectivity index (χ0n) is 17.6. The van der Waals surface area contributed by atoms with Gasteiger partial charge in [0.2, 0.25) is 0 Å². The van der Waals surface area contributed by atoms with E-state index in [4.69, 9.17) is 0 Å². The van der Waals surface area contributed by atoms with Gasteiger partial charge in [-0.15, -0.1) is 0 Å². The maximum atomic E-state index is 10.7. The lowest BCUT2D eigenvalue weighted by Gasteiger charge is -2.65. The third-order valence-electron chi connectivity index (χ3n) is 8.55. The Labute approximate surface area is 183 Å². The summed E-state index contributed by atoms with van der Waals surface area (Å²) in [6, 6.07) is 26.5. The lowest BCUT2D eigenvalue weighted by molar-refractivity contribution is 0.0328. The first kappa shape index (κ1) is 18.4. The van der Waals surface area contributed by atoms with Crippen LogP contribution in [0.1, 0.15) is 42.7 Å². The van der Waals surface area contributed by atoms with E-state index >= 15 is 0 Å². The lowest BCUT2D eigenvalue weighted by Crippen LogP contribution is -2.60. The topological polar surface area (TPSA) is 47.6 Å². The molecular formula is C29H24N2.